The summed E-state index contributed by atoms with van der Waals surface area (Å²) in [6.07, 6.45) is 1.65. The number of hydrogen-bond acceptors (Lipinski definition) is 4. The Morgan fingerprint density at radius 3 is 3.00 bits per heavy atom. The monoisotopic (exact) mass is 203 g/mol. The van der Waals surface area contributed by atoms with Crippen LogP contribution in [0, 0.1) is 11.3 Å². The Bertz CT molecular complexity index is 366. The van der Waals surface area contributed by atoms with Gasteiger partial charge in [-0.1, -0.05) is 6.07 Å². The molecule has 2 rings (SSSR count). The van der Waals surface area contributed by atoms with Crippen LogP contribution in [0.2, 0.25) is 0 Å². The van der Waals surface area contributed by atoms with E-state index in [1.165, 1.54) is 0 Å². The lowest BCUT2D eigenvalue weighted by Gasteiger charge is -2.26. The van der Waals surface area contributed by atoms with Crippen molar-refractivity contribution in [1.29, 1.82) is 5.26 Å². The normalized spacial score (nSPS) is 17.3. The third kappa shape index (κ3) is 2.52. The van der Waals surface area contributed by atoms with Crippen molar-refractivity contribution in [2.75, 3.05) is 26.3 Å². The van der Waals surface area contributed by atoms with E-state index >= 15 is 0 Å². The second-order valence-corrected chi connectivity index (χ2v) is 3.51. The van der Waals surface area contributed by atoms with Gasteiger partial charge in [0.25, 0.3) is 0 Å². The summed E-state index contributed by atoms with van der Waals surface area (Å²) in [6, 6.07) is 5.95. The van der Waals surface area contributed by atoms with Gasteiger partial charge in [-0.25, -0.2) is 4.98 Å². The summed E-state index contributed by atoms with van der Waals surface area (Å²) in [4.78, 5) is 6.32. The van der Waals surface area contributed by atoms with Crippen LogP contribution in [0.4, 0.5) is 0 Å². The summed E-state index contributed by atoms with van der Waals surface area (Å²) in [5.74, 6) is 0. The lowest BCUT2D eigenvalue weighted by molar-refractivity contribution is 0.0341. The molecule has 4 heteroatoms. The minimum Gasteiger partial charge on any atom is -0.379 e. The third-order valence-electron chi connectivity index (χ3n) is 2.49. The van der Waals surface area contributed by atoms with E-state index in [0.29, 0.717) is 5.69 Å². The number of rotatable bonds is 2. The number of ether oxygens (including phenoxy) is 1. The zero-order valence-corrected chi connectivity index (χ0v) is 8.52. The molecule has 0 atom stereocenters. The van der Waals surface area contributed by atoms with E-state index in [-0.39, 0.29) is 0 Å². The van der Waals surface area contributed by atoms with Gasteiger partial charge in [0.15, 0.2) is 0 Å². The molecule has 0 aliphatic carbocycles. The van der Waals surface area contributed by atoms with Crippen molar-refractivity contribution in [2.45, 2.75) is 6.54 Å². The first-order valence-electron chi connectivity index (χ1n) is 5.04. The molecule has 1 saturated heterocycles. The standard InChI is InChI=1S/C11H13N3O/c12-8-11-10(2-1-3-13-11)9-14-4-6-15-7-5-14/h1-3H,4-7,9H2. The summed E-state index contributed by atoms with van der Waals surface area (Å²) >= 11 is 0. The van der Waals surface area contributed by atoms with Crippen LogP contribution in [0.1, 0.15) is 11.3 Å². The molecule has 0 bridgehead atoms. The Morgan fingerprint density at radius 2 is 2.27 bits per heavy atom. The lowest BCUT2D eigenvalue weighted by Crippen LogP contribution is -2.35. The van der Waals surface area contributed by atoms with E-state index in [4.69, 9.17) is 10.00 Å². The fourth-order valence-corrected chi connectivity index (χ4v) is 1.67. The molecule has 1 aromatic rings. The van der Waals surface area contributed by atoms with Crippen molar-refractivity contribution >= 4 is 0 Å². The number of nitrogens with zero attached hydrogens (tertiary/aromatic N) is 3. The van der Waals surface area contributed by atoms with Gasteiger partial charge >= 0.3 is 0 Å². The largest absolute Gasteiger partial charge is 0.379 e. The topological polar surface area (TPSA) is 49.2 Å². The van der Waals surface area contributed by atoms with Gasteiger partial charge < -0.3 is 4.74 Å². The zero-order chi connectivity index (χ0) is 10.5. The van der Waals surface area contributed by atoms with Crippen LogP contribution in [-0.4, -0.2) is 36.2 Å². The van der Waals surface area contributed by atoms with Crippen LogP contribution in [0.5, 0.6) is 0 Å². The molecule has 1 fully saturated rings. The number of aromatic nitrogens is 1. The van der Waals surface area contributed by atoms with E-state index in [2.05, 4.69) is 16.0 Å². The maximum absolute atomic E-state index is 8.89. The second kappa shape index (κ2) is 4.87. The highest BCUT2D eigenvalue weighted by Crippen LogP contribution is 2.09. The second-order valence-electron chi connectivity index (χ2n) is 3.51. The Kier molecular flexibility index (Phi) is 3.28. The number of nitriles is 1. The maximum atomic E-state index is 8.89. The van der Waals surface area contributed by atoms with Gasteiger partial charge in [-0.15, -0.1) is 0 Å². The molecule has 0 radical (unpaired) electrons. The molecule has 0 unspecified atom stereocenters. The van der Waals surface area contributed by atoms with Crippen molar-refractivity contribution in [2.24, 2.45) is 0 Å². The van der Waals surface area contributed by atoms with Gasteiger partial charge in [-0.3, -0.25) is 4.90 Å². The number of hydrogen-bond donors (Lipinski definition) is 0. The van der Waals surface area contributed by atoms with E-state index in [9.17, 15) is 0 Å². The predicted octanol–water partition coefficient (Wildman–Crippen LogP) is 0.785. The van der Waals surface area contributed by atoms with Crippen molar-refractivity contribution in [1.82, 2.24) is 9.88 Å². The number of pyridine rings is 1. The Morgan fingerprint density at radius 1 is 1.47 bits per heavy atom. The Hall–Kier alpha value is -1.44. The van der Waals surface area contributed by atoms with Gasteiger partial charge in [0.2, 0.25) is 0 Å². The van der Waals surface area contributed by atoms with Crippen LogP contribution < -0.4 is 0 Å². The van der Waals surface area contributed by atoms with Gasteiger partial charge in [-0.05, 0) is 6.07 Å². The van der Waals surface area contributed by atoms with Crippen LogP contribution >= 0.6 is 0 Å². The van der Waals surface area contributed by atoms with Crippen LogP contribution in [0.3, 0.4) is 0 Å². The first-order valence-corrected chi connectivity index (χ1v) is 5.04. The molecule has 0 aromatic carbocycles. The van der Waals surface area contributed by atoms with Crippen LogP contribution in [0.25, 0.3) is 0 Å². The van der Waals surface area contributed by atoms with Crippen molar-refractivity contribution in [3.63, 3.8) is 0 Å². The molecule has 0 spiro atoms. The maximum Gasteiger partial charge on any atom is 0.144 e. The van der Waals surface area contributed by atoms with Gasteiger partial charge in [0.1, 0.15) is 11.8 Å². The number of morpholine rings is 1. The molecule has 1 aliphatic heterocycles. The SMILES string of the molecule is N#Cc1ncccc1CN1CCOCC1. The van der Waals surface area contributed by atoms with E-state index in [1.807, 2.05) is 12.1 Å². The van der Waals surface area contributed by atoms with Gasteiger partial charge in [-0.2, -0.15) is 5.26 Å². The summed E-state index contributed by atoms with van der Waals surface area (Å²) in [5.41, 5.74) is 1.53. The molecule has 1 aliphatic rings. The van der Waals surface area contributed by atoms with E-state index in [0.717, 1.165) is 38.4 Å². The zero-order valence-electron chi connectivity index (χ0n) is 8.52. The minimum absolute atomic E-state index is 0.531. The van der Waals surface area contributed by atoms with Gasteiger partial charge in [0.05, 0.1) is 13.2 Å². The fraction of sp³-hybridized carbons (Fsp3) is 0.455. The molecule has 0 amide bonds. The predicted molar refractivity (Wildman–Crippen MR) is 55.0 cm³/mol. The highest BCUT2D eigenvalue weighted by atomic mass is 16.5. The summed E-state index contributed by atoms with van der Waals surface area (Å²) in [5, 5.41) is 8.89. The molecule has 0 saturated carbocycles. The Labute approximate surface area is 89.1 Å². The van der Waals surface area contributed by atoms with Crippen LogP contribution in [0.15, 0.2) is 18.3 Å². The highest BCUT2D eigenvalue weighted by molar-refractivity contribution is 5.30. The first kappa shape index (κ1) is 10.1. The molecule has 15 heavy (non-hydrogen) atoms. The van der Waals surface area contributed by atoms with E-state index < -0.39 is 0 Å². The molecule has 78 valence electrons. The summed E-state index contributed by atoms with van der Waals surface area (Å²) < 4.78 is 5.27. The van der Waals surface area contributed by atoms with Crippen molar-refractivity contribution < 1.29 is 4.74 Å². The summed E-state index contributed by atoms with van der Waals surface area (Å²) in [6.45, 7) is 4.21. The minimum atomic E-state index is 0.531. The molecule has 4 nitrogen and oxygen atoms in total. The quantitative estimate of drug-likeness (QED) is 0.713. The molecule has 1 aromatic heterocycles. The average molecular weight is 203 g/mol. The van der Waals surface area contributed by atoms with E-state index in [1.54, 1.807) is 6.20 Å². The lowest BCUT2D eigenvalue weighted by atomic mass is 10.2. The third-order valence-corrected chi connectivity index (χ3v) is 2.49. The highest BCUT2D eigenvalue weighted by Gasteiger charge is 2.12. The van der Waals surface area contributed by atoms with Crippen LogP contribution in [-0.2, 0) is 11.3 Å². The first-order chi connectivity index (χ1) is 7.40. The average Bonchev–Trinajstić information content (AvgIpc) is 2.31. The van der Waals surface area contributed by atoms with Gasteiger partial charge in [0, 0.05) is 31.4 Å². The van der Waals surface area contributed by atoms with Crippen molar-refractivity contribution in [3.8, 4) is 6.07 Å². The molecular weight excluding hydrogens is 190 g/mol. The Balaban J connectivity index is 2.06. The smallest absolute Gasteiger partial charge is 0.144 e. The fourth-order valence-electron chi connectivity index (χ4n) is 1.67. The van der Waals surface area contributed by atoms with Crippen molar-refractivity contribution in [3.05, 3.63) is 29.6 Å². The molecule has 2 heterocycles. The summed E-state index contributed by atoms with van der Waals surface area (Å²) in [7, 11) is 0. The molecule has 0 N–H and O–H groups in total. The molecular formula is C11H13N3O.